The van der Waals surface area contributed by atoms with Crippen LogP contribution >= 0.6 is 0 Å². The van der Waals surface area contributed by atoms with Crippen LogP contribution in [-0.2, 0) is 22.6 Å². The normalized spacial score (nSPS) is 9.62. The molecular formula is C10H12O3. The van der Waals surface area contributed by atoms with E-state index in [9.17, 15) is 4.79 Å². The van der Waals surface area contributed by atoms with Crippen LogP contribution < -0.4 is 0 Å². The lowest BCUT2D eigenvalue weighted by atomic mass is 10.4. The second kappa shape index (κ2) is 4.50. The average Bonchev–Trinajstić information content (AvgIpc) is 2.61. The summed E-state index contributed by atoms with van der Waals surface area (Å²) in [6.45, 7) is 5.46. The van der Waals surface area contributed by atoms with Gasteiger partial charge in [0, 0.05) is 12.5 Å². The number of rotatable bonds is 4. The highest BCUT2D eigenvalue weighted by atomic mass is 16.5. The first-order chi connectivity index (χ1) is 6.26. The van der Waals surface area contributed by atoms with Gasteiger partial charge < -0.3 is 9.15 Å². The zero-order chi connectivity index (χ0) is 9.68. The molecule has 0 atom stereocenters. The maximum atomic E-state index is 10.7. The van der Waals surface area contributed by atoms with Crippen molar-refractivity contribution in [2.45, 2.75) is 20.0 Å². The lowest BCUT2D eigenvalue weighted by molar-refractivity contribution is -0.139. The molecule has 0 aliphatic carbocycles. The van der Waals surface area contributed by atoms with Crippen molar-refractivity contribution < 1.29 is 13.9 Å². The van der Waals surface area contributed by atoms with Gasteiger partial charge >= 0.3 is 5.97 Å². The predicted molar refractivity (Wildman–Crippen MR) is 48.1 cm³/mol. The Morgan fingerprint density at radius 2 is 2.31 bits per heavy atom. The first-order valence-corrected chi connectivity index (χ1v) is 4.13. The number of hydrogen-bond donors (Lipinski definition) is 0. The van der Waals surface area contributed by atoms with Crippen molar-refractivity contribution in [2.24, 2.45) is 0 Å². The molecule has 0 aliphatic rings. The number of ether oxygens (including phenoxy) is 1. The van der Waals surface area contributed by atoms with Crippen molar-refractivity contribution in [1.29, 1.82) is 0 Å². The van der Waals surface area contributed by atoms with E-state index < -0.39 is 5.97 Å². The summed E-state index contributed by atoms with van der Waals surface area (Å²) in [4.78, 5) is 10.7. The van der Waals surface area contributed by atoms with Gasteiger partial charge in [0.05, 0.1) is 0 Å². The summed E-state index contributed by atoms with van der Waals surface area (Å²) >= 11 is 0. The molecule has 3 nitrogen and oxygen atoms in total. The van der Waals surface area contributed by atoms with Crippen molar-refractivity contribution in [2.75, 3.05) is 0 Å². The number of carbonyl (C=O) groups excluding carboxylic acids is 1. The number of aryl methyl sites for hydroxylation is 1. The fraction of sp³-hybridized carbons (Fsp3) is 0.300. The largest absolute Gasteiger partial charge is 0.462 e. The minimum atomic E-state index is -0.436. The quantitative estimate of drug-likeness (QED) is 0.526. The van der Waals surface area contributed by atoms with Crippen LogP contribution in [0.15, 0.2) is 29.2 Å². The summed E-state index contributed by atoms with van der Waals surface area (Å²) in [7, 11) is 0. The molecule has 0 saturated heterocycles. The summed E-state index contributed by atoms with van der Waals surface area (Å²) in [5, 5.41) is 0. The van der Waals surface area contributed by atoms with Crippen molar-refractivity contribution >= 4 is 5.97 Å². The maximum Gasteiger partial charge on any atom is 0.330 e. The Morgan fingerprint density at radius 1 is 1.62 bits per heavy atom. The highest BCUT2D eigenvalue weighted by molar-refractivity contribution is 5.81. The van der Waals surface area contributed by atoms with Crippen LogP contribution in [0.3, 0.4) is 0 Å². The van der Waals surface area contributed by atoms with Gasteiger partial charge in [0.2, 0.25) is 0 Å². The molecule has 0 aliphatic heterocycles. The molecular weight excluding hydrogens is 168 g/mol. The van der Waals surface area contributed by atoms with Gasteiger partial charge in [-0.25, -0.2) is 4.79 Å². The average molecular weight is 180 g/mol. The summed E-state index contributed by atoms with van der Waals surface area (Å²) in [5.74, 6) is 1.12. The molecule has 1 aromatic rings. The standard InChI is InChI=1S/C10H12O3/c1-3-8-5-6-9(13-8)7-12-10(11)4-2/h4-6H,2-3,7H2,1H3. The van der Waals surface area contributed by atoms with Crippen LogP contribution in [0, 0.1) is 0 Å². The molecule has 0 amide bonds. The van der Waals surface area contributed by atoms with Crippen LogP contribution in [0.1, 0.15) is 18.4 Å². The first-order valence-electron chi connectivity index (χ1n) is 4.13. The number of hydrogen-bond acceptors (Lipinski definition) is 3. The van der Waals surface area contributed by atoms with E-state index in [1.165, 1.54) is 0 Å². The lowest BCUT2D eigenvalue weighted by Crippen LogP contribution is -1.98. The van der Waals surface area contributed by atoms with Gasteiger partial charge in [-0.1, -0.05) is 13.5 Å². The van der Waals surface area contributed by atoms with Crippen LogP contribution in [0.25, 0.3) is 0 Å². The molecule has 1 rings (SSSR count). The molecule has 70 valence electrons. The van der Waals surface area contributed by atoms with Gasteiger partial charge in [-0.3, -0.25) is 0 Å². The molecule has 0 radical (unpaired) electrons. The smallest absolute Gasteiger partial charge is 0.330 e. The van der Waals surface area contributed by atoms with E-state index in [1.54, 1.807) is 6.07 Å². The third-order valence-electron chi connectivity index (χ3n) is 1.59. The molecule has 0 N–H and O–H groups in total. The van der Waals surface area contributed by atoms with Gasteiger partial charge in [-0.2, -0.15) is 0 Å². The maximum absolute atomic E-state index is 10.7. The van der Waals surface area contributed by atoms with Crippen LogP contribution in [0.2, 0.25) is 0 Å². The van der Waals surface area contributed by atoms with Crippen LogP contribution in [-0.4, -0.2) is 5.97 Å². The van der Waals surface area contributed by atoms with E-state index in [0.717, 1.165) is 18.3 Å². The molecule has 1 aromatic heterocycles. The fourth-order valence-electron chi connectivity index (χ4n) is 0.891. The molecule has 13 heavy (non-hydrogen) atoms. The van der Waals surface area contributed by atoms with Gasteiger partial charge in [0.1, 0.15) is 18.1 Å². The third kappa shape index (κ3) is 2.78. The van der Waals surface area contributed by atoms with Crippen molar-refractivity contribution in [3.8, 4) is 0 Å². The predicted octanol–water partition coefficient (Wildman–Crippen LogP) is 2.07. The fourth-order valence-corrected chi connectivity index (χ4v) is 0.891. The molecule has 0 fully saturated rings. The molecule has 0 saturated carbocycles. The zero-order valence-corrected chi connectivity index (χ0v) is 7.58. The number of esters is 1. The van der Waals surface area contributed by atoms with Crippen LogP contribution in [0.4, 0.5) is 0 Å². The Balaban J connectivity index is 2.45. The third-order valence-corrected chi connectivity index (χ3v) is 1.59. The number of carbonyl (C=O) groups is 1. The SMILES string of the molecule is C=CC(=O)OCc1ccc(CC)o1. The Kier molecular flexibility index (Phi) is 3.31. The summed E-state index contributed by atoms with van der Waals surface area (Å²) in [5.41, 5.74) is 0. The van der Waals surface area contributed by atoms with E-state index in [4.69, 9.17) is 9.15 Å². The van der Waals surface area contributed by atoms with Gasteiger partial charge in [-0.15, -0.1) is 0 Å². The summed E-state index contributed by atoms with van der Waals surface area (Å²) in [6.07, 6.45) is 1.97. The van der Waals surface area contributed by atoms with Crippen molar-refractivity contribution in [3.05, 3.63) is 36.3 Å². The van der Waals surface area contributed by atoms with Gasteiger partial charge in [0.25, 0.3) is 0 Å². The van der Waals surface area contributed by atoms with E-state index in [-0.39, 0.29) is 6.61 Å². The minimum Gasteiger partial charge on any atom is -0.462 e. The van der Waals surface area contributed by atoms with E-state index in [1.807, 2.05) is 13.0 Å². The van der Waals surface area contributed by atoms with Gasteiger partial charge in [0.15, 0.2) is 0 Å². The zero-order valence-electron chi connectivity index (χ0n) is 7.58. The molecule has 1 heterocycles. The topological polar surface area (TPSA) is 39.4 Å². The lowest BCUT2D eigenvalue weighted by Gasteiger charge is -1.97. The first kappa shape index (κ1) is 9.58. The minimum absolute atomic E-state index is 0.171. The Bertz CT molecular complexity index is 299. The van der Waals surface area contributed by atoms with E-state index in [2.05, 4.69) is 6.58 Å². The second-order valence-corrected chi connectivity index (χ2v) is 2.53. The highest BCUT2D eigenvalue weighted by Crippen LogP contribution is 2.09. The highest BCUT2D eigenvalue weighted by Gasteiger charge is 2.02. The Morgan fingerprint density at radius 3 is 2.85 bits per heavy atom. The number of furan rings is 1. The van der Waals surface area contributed by atoms with Crippen LogP contribution in [0.5, 0.6) is 0 Å². The van der Waals surface area contributed by atoms with E-state index >= 15 is 0 Å². The molecule has 0 aromatic carbocycles. The Hall–Kier alpha value is -1.51. The van der Waals surface area contributed by atoms with Crippen molar-refractivity contribution in [3.63, 3.8) is 0 Å². The molecule has 0 spiro atoms. The van der Waals surface area contributed by atoms with E-state index in [0.29, 0.717) is 5.76 Å². The van der Waals surface area contributed by atoms with Gasteiger partial charge in [-0.05, 0) is 12.1 Å². The Labute approximate surface area is 77.0 Å². The van der Waals surface area contributed by atoms with Crippen molar-refractivity contribution in [1.82, 2.24) is 0 Å². The summed E-state index contributed by atoms with van der Waals surface area (Å²) in [6, 6.07) is 3.67. The summed E-state index contributed by atoms with van der Waals surface area (Å²) < 4.78 is 10.1. The molecule has 0 unspecified atom stereocenters. The molecule has 0 bridgehead atoms. The second-order valence-electron chi connectivity index (χ2n) is 2.53. The molecule has 3 heteroatoms. The monoisotopic (exact) mass is 180 g/mol.